The fourth-order valence-electron chi connectivity index (χ4n) is 5.57. The van der Waals surface area contributed by atoms with E-state index >= 15 is 0 Å². The molecule has 4 aromatic rings. The van der Waals surface area contributed by atoms with E-state index in [1.165, 1.54) is 39.4 Å². The molecule has 0 fully saturated rings. The predicted octanol–water partition coefficient (Wildman–Crippen LogP) is 7.13. The summed E-state index contributed by atoms with van der Waals surface area (Å²) in [5.41, 5.74) is 6.95. The van der Waals surface area contributed by atoms with E-state index in [4.69, 9.17) is 4.74 Å². The second kappa shape index (κ2) is 9.51. The molecule has 2 aliphatic rings. The van der Waals surface area contributed by atoms with Crippen LogP contribution in [0.3, 0.4) is 0 Å². The van der Waals surface area contributed by atoms with Crippen molar-refractivity contribution in [3.05, 3.63) is 99.7 Å². The van der Waals surface area contributed by atoms with Crippen molar-refractivity contribution >= 4 is 23.1 Å². The molecule has 2 aromatic heterocycles. The predicted molar refractivity (Wildman–Crippen MR) is 146 cm³/mol. The van der Waals surface area contributed by atoms with Crippen molar-refractivity contribution in [1.29, 1.82) is 0 Å². The molecule has 6 heteroatoms. The summed E-state index contributed by atoms with van der Waals surface area (Å²) in [5, 5.41) is 4.46. The summed E-state index contributed by atoms with van der Waals surface area (Å²) in [6.45, 7) is 2.71. The van der Waals surface area contributed by atoms with Gasteiger partial charge in [0.25, 0.3) is 0 Å². The number of nitrogens with zero attached hydrogens (tertiary/aromatic N) is 2. The summed E-state index contributed by atoms with van der Waals surface area (Å²) < 4.78 is 7.87. The molecule has 3 heterocycles. The molecule has 6 rings (SSSR count). The van der Waals surface area contributed by atoms with Crippen LogP contribution in [0.15, 0.2) is 66.9 Å². The monoisotopic (exact) mass is 497 g/mol. The number of rotatable bonds is 4. The van der Waals surface area contributed by atoms with E-state index in [0.29, 0.717) is 6.54 Å². The molecular formula is C30H31N3O2S. The Balaban J connectivity index is 1.47. The van der Waals surface area contributed by atoms with E-state index in [9.17, 15) is 4.79 Å². The number of anilines is 1. The van der Waals surface area contributed by atoms with Crippen molar-refractivity contribution in [2.24, 2.45) is 0 Å². The van der Waals surface area contributed by atoms with Crippen LogP contribution in [-0.2, 0) is 25.8 Å². The van der Waals surface area contributed by atoms with Crippen LogP contribution >= 0.6 is 11.3 Å². The van der Waals surface area contributed by atoms with E-state index in [1.54, 1.807) is 7.11 Å². The highest BCUT2D eigenvalue weighted by atomic mass is 32.1. The van der Waals surface area contributed by atoms with Crippen LogP contribution in [0.5, 0.6) is 5.75 Å². The molecule has 0 saturated carbocycles. The van der Waals surface area contributed by atoms with Crippen LogP contribution in [0.25, 0.3) is 5.00 Å². The van der Waals surface area contributed by atoms with Crippen LogP contribution in [0, 0.1) is 0 Å². The first-order valence-corrected chi connectivity index (χ1v) is 13.6. The molecule has 2 amide bonds. The van der Waals surface area contributed by atoms with Crippen molar-refractivity contribution < 1.29 is 9.53 Å². The summed E-state index contributed by atoms with van der Waals surface area (Å²) in [5.74, 6) is 0.789. The summed E-state index contributed by atoms with van der Waals surface area (Å²) in [6, 6.07) is 20.1. The molecule has 0 bridgehead atoms. The first kappa shape index (κ1) is 22.9. The first-order chi connectivity index (χ1) is 17.7. The van der Waals surface area contributed by atoms with Gasteiger partial charge in [-0.3, -0.25) is 0 Å². The molecule has 0 spiro atoms. The number of hydrogen-bond donors (Lipinski definition) is 1. The van der Waals surface area contributed by atoms with E-state index in [0.717, 1.165) is 42.0 Å². The Bertz CT molecular complexity index is 1400. The Hall–Kier alpha value is -3.51. The first-order valence-electron chi connectivity index (χ1n) is 12.8. The third kappa shape index (κ3) is 3.99. The second-order valence-corrected chi connectivity index (χ2v) is 10.7. The van der Waals surface area contributed by atoms with E-state index in [1.807, 2.05) is 46.6 Å². The van der Waals surface area contributed by atoms with Crippen molar-refractivity contribution in [1.82, 2.24) is 9.47 Å². The molecule has 1 atom stereocenters. The minimum absolute atomic E-state index is 0.0940. The minimum atomic E-state index is -0.246. The summed E-state index contributed by atoms with van der Waals surface area (Å²) in [7, 11) is 1.68. The van der Waals surface area contributed by atoms with Gasteiger partial charge in [-0.05, 0) is 85.2 Å². The summed E-state index contributed by atoms with van der Waals surface area (Å²) in [6.07, 6.45) is 7.81. The number of carbonyl (C=O) groups excluding carboxylic acids is 1. The maximum atomic E-state index is 14.0. The number of carbonyl (C=O) groups is 1. The lowest BCUT2D eigenvalue weighted by Gasteiger charge is -2.31. The number of aryl methyl sites for hydroxylation is 2. The maximum Gasteiger partial charge on any atom is 0.322 e. The summed E-state index contributed by atoms with van der Waals surface area (Å²) >= 11 is 1.91. The number of hydrogen-bond acceptors (Lipinski definition) is 3. The van der Waals surface area contributed by atoms with Gasteiger partial charge in [-0.25, -0.2) is 4.79 Å². The average Bonchev–Trinajstić information content (AvgIpc) is 3.51. The van der Waals surface area contributed by atoms with Gasteiger partial charge < -0.3 is 19.5 Å². The largest absolute Gasteiger partial charge is 0.497 e. The van der Waals surface area contributed by atoms with Gasteiger partial charge in [0, 0.05) is 22.3 Å². The lowest BCUT2D eigenvalue weighted by atomic mass is 9.95. The Morgan fingerprint density at radius 3 is 2.69 bits per heavy atom. The Kier molecular flexibility index (Phi) is 6.05. The van der Waals surface area contributed by atoms with Gasteiger partial charge >= 0.3 is 6.03 Å². The second-order valence-electron chi connectivity index (χ2n) is 9.59. The molecule has 0 radical (unpaired) electrons. The SMILES string of the molecule is CCc1ccc(NC(=O)N2Cc3c(sc4c3CCCC4)-n3cccc3[C@H]2c2cccc(OC)c2)cc1. The van der Waals surface area contributed by atoms with Gasteiger partial charge in [0.15, 0.2) is 0 Å². The van der Waals surface area contributed by atoms with Crippen LogP contribution in [0.4, 0.5) is 10.5 Å². The third-order valence-electron chi connectivity index (χ3n) is 7.46. The Morgan fingerprint density at radius 1 is 1.06 bits per heavy atom. The van der Waals surface area contributed by atoms with Gasteiger partial charge in [0.1, 0.15) is 10.8 Å². The Morgan fingerprint density at radius 2 is 1.89 bits per heavy atom. The summed E-state index contributed by atoms with van der Waals surface area (Å²) in [4.78, 5) is 17.5. The van der Waals surface area contributed by atoms with E-state index in [2.05, 4.69) is 53.3 Å². The average molecular weight is 498 g/mol. The number of urea groups is 1. The van der Waals surface area contributed by atoms with Crippen molar-refractivity contribution in [2.45, 2.75) is 51.6 Å². The highest BCUT2D eigenvalue weighted by Gasteiger charge is 2.36. The molecule has 1 aliphatic carbocycles. The molecule has 2 aromatic carbocycles. The van der Waals surface area contributed by atoms with Crippen LogP contribution < -0.4 is 10.1 Å². The lowest BCUT2D eigenvalue weighted by molar-refractivity contribution is 0.194. The maximum absolute atomic E-state index is 14.0. The molecule has 36 heavy (non-hydrogen) atoms. The topological polar surface area (TPSA) is 46.5 Å². The van der Waals surface area contributed by atoms with E-state index in [-0.39, 0.29) is 12.1 Å². The number of fused-ring (bicyclic) bond motifs is 5. The number of methoxy groups -OCH3 is 1. The van der Waals surface area contributed by atoms with Crippen LogP contribution in [-0.4, -0.2) is 22.6 Å². The third-order valence-corrected chi connectivity index (χ3v) is 8.80. The van der Waals surface area contributed by atoms with Gasteiger partial charge in [-0.15, -0.1) is 11.3 Å². The zero-order valence-electron chi connectivity index (χ0n) is 20.8. The van der Waals surface area contributed by atoms with Crippen LogP contribution in [0.1, 0.15) is 58.6 Å². The molecule has 0 unspecified atom stereocenters. The fourth-order valence-corrected chi connectivity index (χ4v) is 6.97. The molecule has 5 nitrogen and oxygen atoms in total. The van der Waals surface area contributed by atoms with Crippen molar-refractivity contribution in [2.75, 3.05) is 12.4 Å². The van der Waals surface area contributed by atoms with Gasteiger partial charge in [0.05, 0.1) is 25.4 Å². The number of ether oxygens (including phenoxy) is 1. The molecule has 184 valence electrons. The molecular weight excluding hydrogens is 466 g/mol. The standard InChI is InChI=1S/C30H31N3O2S/c1-3-20-13-15-22(16-14-20)31-30(34)33-19-25-24-10-4-5-12-27(24)36-29(25)32-17-7-11-26(32)28(33)21-8-6-9-23(18-21)35-2/h6-9,11,13-18,28H,3-5,10,12,19H2,1-2H3,(H,31,34)/t28-/m1/s1. The molecule has 1 aliphatic heterocycles. The number of aromatic nitrogens is 1. The smallest absolute Gasteiger partial charge is 0.322 e. The number of thiophene rings is 1. The number of nitrogens with one attached hydrogen (secondary N) is 1. The van der Waals surface area contributed by atoms with Gasteiger partial charge in [0.2, 0.25) is 0 Å². The highest BCUT2D eigenvalue weighted by molar-refractivity contribution is 7.15. The number of benzene rings is 2. The van der Waals surface area contributed by atoms with Crippen molar-refractivity contribution in [3.8, 4) is 10.8 Å². The van der Waals surface area contributed by atoms with Gasteiger partial charge in [-0.1, -0.05) is 31.2 Å². The van der Waals surface area contributed by atoms with Gasteiger partial charge in [-0.2, -0.15) is 0 Å². The number of amides is 2. The van der Waals surface area contributed by atoms with E-state index < -0.39 is 0 Å². The molecule has 0 saturated heterocycles. The quantitative estimate of drug-likeness (QED) is 0.326. The van der Waals surface area contributed by atoms with Crippen LogP contribution in [0.2, 0.25) is 0 Å². The highest BCUT2D eigenvalue weighted by Crippen LogP contribution is 2.44. The normalized spacial score (nSPS) is 16.5. The zero-order valence-corrected chi connectivity index (χ0v) is 21.6. The minimum Gasteiger partial charge on any atom is -0.497 e. The molecule has 1 N–H and O–H groups in total. The zero-order chi connectivity index (χ0) is 24.6. The fraction of sp³-hybridized carbons (Fsp3) is 0.300. The lowest BCUT2D eigenvalue weighted by Crippen LogP contribution is -2.38. The van der Waals surface area contributed by atoms with Crippen molar-refractivity contribution in [3.63, 3.8) is 0 Å². The Labute approximate surface area is 216 Å².